The molecule has 0 aromatic heterocycles. The number of Topliss-reactive ketones (excluding diaryl/α,β-unsaturated/α-hetero) is 1. The van der Waals surface area contributed by atoms with Crippen molar-refractivity contribution >= 4 is 27.8 Å². The van der Waals surface area contributed by atoms with Crippen LogP contribution in [0.5, 0.6) is 0 Å². The third-order valence-corrected chi connectivity index (χ3v) is 2.24. The van der Waals surface area contributed by atoms with Gasteiger partial charge in [-0.1, -0.05) is 28.1 Å². The first-order valence-electron chi connectivity index (χ1n) is 4.38. The summed E-state index contributed by atoms with van der Waals surface area (Å²) < 4.78 is 5.15. The highest BCUT2D eigenvalue weighted by Gasteiger charge is 2.07. The summed E-state index contributed by atoms with van der Waals surface area (Å²) in [6.45, 7) is -0.239. The first-order chi connectivity index (χ1) is 7.63. The minimum absolute atomic E-state index is 0.232. The van der Waals surface area contributed by atoms with Crippen LogP contribution in [0.3, 0.4) is 0 Å². The molecular weight excluding hydrogens is 278 g/mol. The third kappa shape index (κ3) is 4.00. The fourth-order valence-corrected chi connectivity index (χ4v) is 1.19. The van der Waals surface area contributed by atoms with E-state index >= 15 is 0 Å². The van der Waals surface area contributed by atoms with Crippen molar-refractivity contribution in [3.05, 3.63) is 34.3 Å². The zero-order chi connectivity index (χ0) is 12.0. The molecule has 0 aliphatic carbocycles. The maximum absolute atomic E-state index is 11.5. The van der Waals surface area contributed by atoms with Gasteiger partial charge in [0.2, 0.25) is 0 Å². The van der Waals surface area contributed by atoms with Crippen LogP contribution in [0.4, 0.5) is 4.79 Å². The first kappa shape index (κ1) is 12.7. The molecule has 0 atom stereocenters. The molecule has 1 aromatic carbocycles. The van der Waals surface area contributed by atoms with E-state index in [4.69, 9.17) is 0 Å². The lowest BCUT2D eigenvalue weighted by atomic mass is 10.1. The normalized spacial score (nSPS) is 9.62. The first-order valence-corrected chi connectivity index (χ1v) is 5.17. The molecule has 86 valence electrons. The number of hydrogen-bond donors (Lipinski definition) is 1. The molecule has 0 fully saturated rings. The number of carbonyl (C=O) groups excluding carboxylic acids is 2. The summed E-state index contributed by atoms with van der Waals surface area (Å²) in [6, 6.07) is 6.82. The number of hydroxylamine groups is 1. The Kier molecular flexibility index (Phi) is 4.94. The number of amides is 1. The minimum atomic E-state index is -0.747. The van der Waals surface area contributed by atoms with Gasteiger partial charge in [0, 0.05) is 10.0 Å². The Balaban J connectivity index is 2.41. The van der Waals surface area contributed by atoms with E-state index < -0.39 is 6.09 Å². The number of hydrogen-bond acceptors (Lipinski definition) is 4. The van der Waals surface area contributed by atoms with Crippen molar-refractivity contribution in [2.24, 2.45) is 0 Å². The van der Waals surface area contributed by atoms with E-state index in [1.165, 1.54) is 7.11 Å². The van der Waals surface area contributed by atoms with Gasteiger partial charge in [0.25, 0.3) is 0 Å². The number of ether oxygens (including phenoxy) is 1. The second kappa shape index (κ2) is 6.24. The van der Waals surface area contributed by atoms with Crippen molar-refractivity contribution in [1.82, 2.24) is 5.48 Å². The van der Waals surface area contributed by atoms with Gasteiger partial charge in [-0.25, -0.2) is 4.79 Å². The second-order valence-corrected chi connectivity index (χ2v) is 3.73. The van der Waals surface area contributed by atoms with Gasteiger partial charge < -0.3 is 4.74 Å². The van der Waals surface area contributed by atoms with Crippen molar-refractivity contribution in [3.8, 4) is 0 Å². The summed E-state index contributed by atoms with van der Waals surface area (Å²) in [4.78, 5) is 26.7. The lowest BCUT2D eigenvalue weighted by molar-refractivity contribution is 0.0341. The quantitative estimate of drug-likeness (QED) is 0.679. The van der Waals surface area contributed by atoms with Crippen LogP contribution in [-0.4, -0.2) is 25.6 Å². The van der Waals surface area contributed by atoms with E-state index in [1.54, 1.807) is 24.3 Å². The minimum Gasteiger partial charge on any atom is -0.451 e. The van der Waals surface area contributed by atoms with Crippen molar-refractivity contribution in [1.29, 1.82) is 0 Å². The second-order valence-electron chi connectivity index (χ2n) is 2.81. The predicted octanol–water partition coefficient (Wildman–Crippen LogP) is 1.92. The molecule has 0 radical (unpaired) electrons. The summed E-state index contributed by atoms with van der Waals surface area (Å²) in [6.07, 6.45) is -0.747. The van der Waals surface area contributed by atoms with Gasteiger partial charge in [-0.3, -0.25) is 9.63 Å². The highest BCUT2D eigenvalue weighted by molar-refractivity contribution is 9.10. The Morgan fingerprint density at radius 1 is 1.31 bits per heavy atom. The van der Waals surface area contributed by atoms with Gasteiger partial charge in [-0.15, -0.1) is 0 Å². The maximum atomic E-state index is 11.5. The van der Waals surface area contributed by atoms with Crippen LogP contribution in [0.1, 0.15) is 10.4 Å². The fourth-order valence-electron chi connectivity index (χ4n) is 0.921. The molecule has 0 bridgehead atoms. The number of rotatable bonds is 4. The van der Waals surface area contributed by atoms with E-state index in [-0.39, 0.29) is 12.4 Å². The molecule has 1 aromatic rings. The molecule has 1 amide bonds. The van der Waals surface area contributed by atoms with Gasteiger partial charge in [-0.2, -0.15) is 5.48 Å². The average Bonchev–Trinajstić information content (AvgIpc) is 2.29. The fraction of sp³-hybridized carbons (Fsp3) is 0.200. The van der Waals surface area contributed by atoms with Gasteiger partial charge in [0.15, 0.2) is 5.78 Å². The lowest BCUT2D eigenvalue weighted by Crippen LogP contribution is -2.26. The standard InChI is InChI=1S/C10H10BrNO4/c1-15-10(14)12-16-6-9(13)7-2-4-8(11)5-3-7/h2-5H,6H2,1H3,(H,12,14). The van der Waals surface area contributed by atoms with Gasteiger partial charge in [0.05, 0.1) is 7.11 Å². The van der Waals surface area contributed by atoms with Crippen molar-refractivity contribution in [2.75, 3.05) is 13.7 Å². The summed E-state index contributed by atoms with van der Waals surface area (Å²) in [5, 5.41) is 0. The van der Waals surface area contributed by atoms with Crippen LogP contribution >= 0.6 is 15.9 Å². The van der Waals surface area contributed by atoms with Crippen LogP contribution in [0, 0.1) is 0 Å². The van der Waals surface area contributed by atoms with E-state index in [2.05, 4.69) is 25.5 Å². The number of nitrogens with one attached hydrogen (secondary N) is 1. The molecule has 6 heteroatoms. The predicted molar refractivity (Wildman–Crippen MR) is 60.0 cm³/mol. The van der Waals surface area contributed by atoms with E-state index in [1.807, 2.05) is 5.48 Å². The molecule has 5 nitrogen and oxygen atoms in total. The molecule has 1 rings (SSSR count). The molecule has 16 heavy (non-hydrogen) atoms. The van der Waals surface area contributed by atoms with Crippen LogP contribution < -0.4 is 5.48 Å². The number of ketones is 1. The summed E-state index contributed by atoms with van der Waals surface area (Å²) in [7, 11) is 1.20. The van der Waals surface area contributed by atoms with E-state index in [0.29, 0.717) is 5.56 Å². The van der Waals surface area contributed by atoms with Crippen molar-refractivity contribution < 1.29 is 19.2 Å². The zero-order valence-electron chi connectivity index (χ0n) is 8.53. The van der Waals surface area contributed by atoms with Gasteiger partial charge in [0.1, 0.15) is 6.61 Å². The van der Waals surface area contributed by atoms with E-state index in [0.717, 1.165) is 4.47 Å². The number of methoxy groups -OCH3 is 1. The average molecular weight is 288 g/mol. The number of carbonyl (C=O) groups is 2. The molecule has 0 saturated carbocycles. The Morgan fingerprint density at radius 2 is 1.94 bits per heavy atom. The Morgan fingerprint density at radius 3 is 2.50 bits per heavy atom. The van der Waals surface area contributed by atoms with Crippen LogP contribution in [-0.2, 0) is 9.57 Å². The topological polar surface area (TPSA) is 64.6 Å². The smallest absolute Gasteiger partial charge is 0.431 e. The summed E-state index contributed by atoms with van der Waals surface area (Å²) >= 11 is 3.26. The molecule has 0 heterocycles. The highest BCUT2D eigenvalue weighted by Crippen LogP contribution is 2.10. The summed E-state index contributed by atoms with van der Waals surface area (Å²) in [5.41, 5.74) is 2.46. The number of benzene rings is 1. The molecule has 0 saturated heterocycles. The highest BCUT2D eigenvalue weighted by atomic mass is 79.9. The molecule has 1 N–H and O–H groups in total. The zero-order valence-corrected chi connectivity index (χ0v) is 10.1. The molecule has 0 aliphatic rings. The van der Waals surface area contributed by atoms with Crippen LogP contribution in [0.2, 0.25) is 0 Å². The molecule has 0 aliphatic heterocycles. The maximum Gasteiger partial charge on any atom is 0.431 e. The van der Waals surface area contributed by atoms with Crippen molar-refractivity contribution in [2.45, 2.75) is 0 Å². The lowest BCUT2D eigenvalue weighted by Gasteiger charge is -2.03. The SMILES string of the molecule is COC(=O)NOCC(=O)c1ccc(Br)cc1. The van der Waals surface area contributed by atoms with Crippen LogP contribution in [0.25, 0.3) is 0 Å². The molecule has 0 unspecified atom stereocenters. The largest absolute Gasteiger partial charge is 0.451 e. The summed E-state index contributed by atoms with van der Waals surface area (Å²) in [5.74, 6) is -0.232. The third-order valence-electron chi connectivity index (χ3n) is 1.71. The Labute approximate surface area is 101 Å². The van der Waals surface area contributed by atoms with Gasteiger partial charge >= 0.3 is 6.09 Å². The Hall–Kier alpha value is -1.40. The monoisotopic (exact) mass is 287 g/mol. The Bertz CT molecular complexity index is 377. The van der Waals surface area contributed by atoms with Crippen molar-refractivity contribution in [3.63, 3.8) is 0 Å². The number of halogens is 1. The van der Waals surface area contributed by atoms with E-state index in [9.17, 15) is 9.59 Å². The van der Waals surface area contributed by atoms with Crippen LogP contribution in [0.15, 0.2) is 28.7 Å². The molecular formula is C10H10BrNO4. The molecule has 0 spiro atoms. The van der Waals surface area contributed by atoms with Gasteiger partial charge in [-0.05, 0) is 12.1 Å².